The second-order valence-electron chi connectivity index (χ2n) is 7.74. The number of para-hydroxylation sites is 1. The third-order valence-electron chi connectivity index (χ3n) is 5.87. The second kappa shape index (κ2) is 6.49. The van der Waals surface area contributed by atoms with Crippen LogP contribution >= 0.6 is 0 Å². The fourth-order valence-corrected chi connectivity index (χ4v) is 4.23. The van der Waals surface area contributed by atoms with Crippen molar-refractivity contribution < 1.29 is 4.79 Å². The summed E-state index contributed by atoms with van der Waals surface area (Å²) in [6.07, 6.45) is 2.13. The SMILES string of the molecule is CN1C(=O)NCC12CN(Cc1cn(-c3ccccc3)nc1-c1ccccc1)C2. The Hall–Kier alpha value is -3.12. The van der Waals surface area contributed by atoms with Gasteiger partial charge in [0.25, 0.3) is 0 Å². The van der Waals surface area contributed by atoms with Crippen molar-refractivity contribution in [3.8, 4) is 16.9 Å². The number of hydrogen-bond donors (Lipinski definition) is 1. The first kappa shape index (κ1) is 17.0. The lowest BCUT2D eigenvalue weighted by Gasteiger charge is -2.50. The van der Waals surface area contributed by atoms with E-state index < -0.39 is 0 Å². The molecule has 0 bridgehead atoms. The highest BCUT2D eigenvalue weighted by molar-refractivity contribution is 5.78. The zero-order chi connectivity index (χ0) is 19.1. The van der Waals surface area contributed by atoms with Crippen LogP contribution in [0.1, 0.15) is 5.56 Å². The Bertz CT molecular complexity index is 992. The standard InChI is InChI=1S/C22H23N5O/c1-25-21(28)23-14-22(25)15-26(16-22)12-18-13-27(19-10-6-3-7-11-19)24-20(18)17-8-4-2-5-9-17/h2-11,13H,12,14-16H2,1H3,(H,23,28). The van der Waals surface area contributed by atoms with Gasteiger partial charge in [-0.25, -0.2) is 9.48 Å². The predicted molar refractivity (Wildman–Crippen MR) is 108 cm³/mol. The maximum atomic E-state index is 11.8. The molecule has 2 aliphatic rings. The second-order valence-corrected chi connectivity index (χ2v) is 7.74. The van der Waals surface area contributed by atoms with Crippen LogP contribution in [-0.4, -0.2) is 57.8 Å². The number of rotatable bonds is 4. The summed E-state index contributed by atoms with van der Waals surface area (Å²) < 4.78 is 1.96. The number of carbonyl (C=O) groups is 1. The van der Waals surface area contributed by atoms with Gasteiger partial charge in [-0.05, 0) is 12.1 Å². The highest BCUT2D eigenvalue weighted by Crippen LogP contribution is 2.33. The number of likely N-dealkylation sites (N-methyl/N-ethyl adjacent to an activating group) is 1. The quantitative estimate of drug-likeness (QED) is 0.765. The lowest BCUT2D eigenvalue weighted by molar-refractivity contribution is -0.000968. The summed E-state index contributed by atoms with van der Waals surface area (Å²) in [6.45, 7) is 3.31. The Balaban J connectivity index is 1.42. The Morgan fingerprint density at radius 3 is 2.36 bits per heavy atom. The van der Waals surface area contributed by atoms with Crippen molar-refractivity contribution in [1.82, 2.24) is 24.9 Å². The van der Waals surface area contributed by atoms with Crippen LogP contribution in [0.2, 0.25) is 0 Å². The van der Waals surface area contributed by atoms with Crippen molar-refractivity contribution in [2.75, 3.05) is 26.7 Å². The van der Waals surface area contributed by atoms with E-state index in [1.54, 1.807) is 0 Å². The first-order chi connectivity index (χ1) is 13.6. The van der Waals surface area contributed by atoms with Gasteiger partial charge in [-0.1, -0.05) is 48.5 Å². The summed E-state index contributed by atoms with van der Waals surface area (Å²) in [6, 6.07) is 20.5. The van der Waals surface area contributed by atoms with Gasteiger partial charge in [0, 0.05) is 50.6 Å². The molecule has 2 amide bonds. The van der Waals surface area contributed by atoms with Gasteiger partial charge in [0.2, 0.25) is 0 Å². The zero-order valence-corrected chi connectivity index (χ0v) is 15.9. The fourth-order valence-electron chi connectivity index (χ4n) is 4.23. The molecule has 28 heavy (non-hydrogen) atoms. The number of likely N-dealkylation sites (tertiary alicyclic amines) is 1. The van der Waals surface area contributed by atoms with E-state index >= 15 is 0 Å². The maximum Gasteiger partial charge on any atom is 0.317 e. The van der Waals surface area contributed by atoms with E-state index in [1.165, 1.54) is 5.56 Å². The molecule has 3 aromatic rings. The largest absolute Gasteiger partial charge is 0.336 e. The molecular weight excluding hydrogens is 350 g/mol. The molecule has 1 aromatic heterocycles. The van der Waals surface area contributed by atoms with Crippen molar-refractivity contribution in [1.29, 1.82) is 0 Å². The van der Waals surface area contributed by atoms with Gasteiger partial charge in [-0.3, -0.25) is 4.90 Å². The molecule has 6 heteroatoms. The number of amides is 2. The van der Waals surface area contributed by atoms with Crippen molar-refractivity contribution >= 4 is 6.03 Å². The Labute approximate surface area is 164 Å². The van der Waals surface area contributed by atoms with E-state index in [0.29, 0.717) is 0 Å². The summed E-state index contributed by atoms with van der Waals surface area (Å²) in [4.78, 5) is 16.1. The van der Waals surface area contributed by atoms with Crippen LogP contribution in [-0.2, 0) is 6.54 Å². The van der Waals surface area contributed by atoms with Crippen LogP contribution < -0.4 is 5.32 Å². The molecule has 1 N–H and O–H groups in total. The van der Waals surface area contributed by atoms with Crippen LogP contribution in [0.5, 0.6) is 0 Å². The fraction of sp³-hybridized carbons (Fsp3) is 0.273. The Morgan fingerprint density at radius 1 is 1.04 bits per heavy atom. The van der Waals surface area contributed by atoms with Crippen LogP contribution in [0.15, 0.2) is 66.9 Å². The van der Waals surface area contributed by atoms with E-state index in [-0.39, 0.29) is 11.6 Å². The number of nitrogens with zero attached hydrogens (tertiary/aromatic N) is 4. The Morgan fingerprint density at radius 2 is 1.71 bits per heavy atom. The first-order valence-corrected chi connectivity index (χ1v) is 9.58. The van der Waals surface area contributed by atoms with E-state index in [9.17, 15) is 4.79 Å². The third kappa shape index (κ3) is 2.77. The normalized spacial score (nSPS) is 18.3. The summed E-state index contributed by atoms with van der Waals surface area (Å²) in [5, 5.41) is 7.84. The van der Waals surface area contributed by atoms with Crippen LogP contribution in [0.3, 0.4) is 0 Å². The van der Waals surface area contributed by atoms with Gasteiger partial charge in [0.1, 0.15) is 0 Å². The number of hydrogen-bond acceptors (Lipinski definition) is 3. The zero-order valence-electron chi connectivity index (χ0n) is 15.9. The molecule has 6 nitrogen and oxygen atoms in total. The van der Waals surface area contributed by atoms with Gasteiger partial charge in [0.15, 0.2) is 0 Å². The molecule has 0 saturated carbocycles. The van der Waals surface area contributed by atoms with E-state index in [1.807, 2.05) is 53.0 Å². The topological polar surface area (TPSA) is 53.4 Å². The maximum absolute atomic E-state index is 11.8. The predicted octanol–water partition coefficient (Wildman–Crippen LogP) is 2.75. The molecule has 0 atom stereocenters. The lowest BCUT2D eigenvalue weighted by Crippen LogP contribution is -2.68. The first-order valence-electron chi connectivity index (χ1n) is 9.58. The van der Waals surface area contributed by atoms with Gasteiger partial charge in [-0.15, -0.1) is 0 Å². The molecule has 2 saturated heterocycles. The van der Waals surface area contributed by atoms with E-state index in [0.717, 1.165) is 43.1 Å². The molecule has 1 spiro atoms. The number of aromatic nitrogens is 2. The number of urea groups is 1. The van der Waals surface area contributed by atoms with Gasteiger partial charge >= 0.3 is 6.03 Å². The molecule has 5 rings (SSSR count). The van der Waals surface area contributed by atoms with Crippen molar-refractivity contribution in [3.05, 3.63) is 72.4 Å². The minimum absolute atomic E-state index is 0.0292. The summed E-state index contributed by atoms with van der Waals surface area (Å²) in [7, 11) is 1.89. The molecule has 2 aliphatic heterocycles. The van der Waals surface area contributed by atoms with E-state index in [2.05, 4.69) is 40.7 Å². The molecule has 142 valence electrons. The van der Waals surface area contributed by atoms with Gasteiger partial charge in [0.05, 0.1) is 16.9 Å². The number of benzene rings is 2. The molecule has 2 fully saturated rings. The van der Waals surface area contributed by atoms with E-state index in [4.69, 9.17) is 5.10 Å². The van der Waals surface area contributed by atoms with Gasteiger partial charge in [-0.2, -0.15) is 5.10 Å². The lowest BCUT2D eigenvalue weighted by atomic mass is 9.89. The smallest absolute Gasteiger partial charge is 0.317 e. The van der Waals surface area contributed by atoms with Crippen LogP contribution in [0.4, 0.5) is 4.79 Å². The monoisotopic (exact) mass is 373 g/mol. The van der Waals surface area contributed by atoms with Crippen LogP contribution in [0.25, 0.3) is 16.9 Å². The average Bonchev–Trinajstić information content (AvgIpc) is 3.26. The summed E-state index contributed by atoms with van der Waals surface area (Å²) in [5.41, 5.74) is 4.33. The molecule has 0 aliphatic carbocycles. The Kier molecular flexibility index (Phi) is 3.94. The number of nitrogens with one attached hydrogen (secondary N) is 1. The third-order valence-corrected chi connectivity index (χ3v) is 5.87. The van der Waals surface area contributed by atoms with Crippen LogP contribution in [0, 0.1) is 0 Å². The average molecular weight is 373 g/mol. The highest BCUT2D eigenvalue weighted by atomic mass is 16.2. The van der Waals surface area contributed by atoms with Crippen molar-refractivity contribution in [3.63, 3.8) is 0 Å². The molecule has 2 aromatic carbocycles. The number of carbonyl (C=O) groups excluding carboxylic acids is 1. The van der Waals surface area contributed by atoms with Crippen molar-refractivity contribution in [2.45, 2.75) is 12.1 Å². The molecular formula is C22H23N5O. The summed E-state index contributed by atoms with van der Waals surface area (Å²) in [5.74, 6) is 0. The van der Waals surface area contributed by atoms with Gasteiger partial charge < -0.3 is 10.2 Å². The molecule has 0 radical (unpaired) electrons. The summed E-state index contributed by atoms with van der Waals surface area (Å²) >= 11 is 0. The molecule has 3 heterocycles. The molecule has 0 unspecified atom stereocenters. The minimum atomic E-state index is -0.0561. The van der Waals surface area contributed by atoms with Crippen molar-refractivity contribution in [2.24, 2.45) is 0 Å². The minimum Gasteiger partial charge on any atom is -0.336 e. The highest BCUT2D eigenvalue weighted by Gasteiger charge is 2.51.